The molecular weight excluding hydrogens is 665 g/mol. The van der Waals surface area contributed by atoms with Gasteiger partial charge in [-0.1, -0.05) is 111 Å². The Labute approximate surface area is 308 Å². The zero-order chi connectivity index (χ0) is 37.5. The van der Waals surface area contributed by atoms with Gasteiger partial charge in [-0.3, -0.25) is 18.6 Å². The number of phosphoric acid groups is 1. The van der Waals surface area contributed by atoms with Gasteiger partial charge in [-0.15, -0.1) is 0 Å². The molecule has 0 aliphatic rings. The fourth-order valence-electron chi connectivity index (χ4n) is 4.26. The highest BCUT2D eigenvalue weighted by Gasteiger charge is 2.25. The van der Waals surface area contributed by atoms with Gasteiger partial charge in [0.25, 0.3) is 0 Å². The monoisotopic (exact) mass is 731 g/mol. The van der Waals surface area contributed by atoms with Gasteiger partial charge in [0.05, 0.1) is 13.2 Å². The SMILES string of the molecule is CC/C=C/C/C=C/C/C=C/C/C=C/CCCCC(=O)OC[C@H](COP(=O)(O)OCCN)OC(=O)CCCC/C=C/C/C=C/C/C=C/C/C=C/CC. The van der Waals surface area contributed by atoms with Gasteiger partial charge >= 0.3 is 19.8 Å². The fourth-order valence-corrected chi connectivity index (χ4v) is 5.03. The van der Waals surface area contributed by atoms with Crippen LogP contribution in [0, 0.1) is 0 Å². The Morgan fingerprint density at radius 2 is 1.00 bits per heavy atom. The predicted molar refractivity (Wildman–Crippen MR) is 210 cm³/mol. The molecule has 0 fully saturated rings. The first-order valence-corrected chi connectivity index (χ1v) is 20.2. The summed E-state index contributed by atoms with van der Waals surface area (Å²) < 4.78 is 32.5. The van der Waals surface area contributed by atoms with Crippen molar-refractivity contribution >= 4 is 19.8 Å². The number of hydrogen-bond acceptors (Lipinski definition) is 8. The molecule has 0 aromatic heterocycles. The van der Waals surface area contributed by atoms with Crippen LogP contribution >= 0.6 is 7.82 Å². The molecule has 10 heteroatoms. The van der Waals surface area contributed by atoms with E-state index in [-0.39, 0.29) is 32.6 Å². The number of allylic oxidation sites excluding steroid dienone is 16. The summed E-state index contributed by atoms with van der Waals surface area (Å²) in [5.74, 6) is -0.941. The van der Waals surface area contributed by atoms with Crippen LogP contribution < -0.4 is 5.73 Å². The van der Waals surface area contributed by atoms with E-state index in [1.165, 1.54) is 0 Å². The van der Waals surface area contributed by atoms with Crippen molar-refractivity contribution in [3.63, 3.8) is 0 Å². The summed E-state index contributed by atoms with van der Waals surface area (Å²) >= 11 is 0. The minimum absolute atomic E-state index is 0.0349. The van der Waals surface area contributed by atoms with Crippen LogP contribution in [0.3, 0.4) is 0 Å². The molecule has 0 aromatic rings. The number of nitrogens with two attached hydrogens (primary N) is 1. The second-order valence-electron chi connectivity index (χ2n) is 11.7. The van der Waals surface area contributed by atoms with E-state index in [1.807, 2.05) is 0 Å². The largest absolute Gasteiger partial charge is 0.472 e. The average Bonchev–Trinajstić information content (AvgIpc) is 3.11. The highest BCUT2D eigenvalue weighted by Crippen LogP contribution is 2.43. The van der Waals surface area contributed by atoms with Gasteiger partial charge in [-0.05, 0) is 89.9 Å². The summed E-state index contributed by atoms with van der Waals surface area (Å²) in [7, 11) is -4.40. The standard InChI is InChI=1S/C41H66NO8P/c1-3-5-7-9-11-13-15-17-19-21-23-25-27-29-31-33-40(43)47-37-39(38-49-51(45,46)48-36-35-42)50-41(44)34-32-30-28-26-24-22-20-18-16-14-12-10-8-6-4-2/h5-8,11-14,17-20,23-26,39H,3-4,9-10,15-16,21-22,27-38,42H2,1-2H3,(H,45,46)/b7-5+,8-6+,13-11+,14-12+,19-17+,20-18+,25-23+,26-24+/t39-/m1/s1. The minimum Gasteiger partial charge on any atom is -0.462 e. The third-order valence-corrected chi connectivity index (χ3v) is 7.95. The van der Waals surface area contributed by atoms with Crippen LogP contribution in [0.2, 0.25) is 0 Å². The number of phosphoric ester groups is 1. The fraction of sp³-hybridized carbons (Fsp3) is 0.561. The quantitative estimate of drug-likeness (QED) is 0.0293. The van der Waals surface area contributed by atoms with E-state index < -0.39 is 32.5 Å². The number of unbranched alkanes of at least 4 members (excludes halogenated alkanes) is 4. The lowest BCUT2D eigenvalue weighted by Gasteiger charge is -2.19. The van der Waals surface area contributed by atoms with Crippen molar-refractivity contribution in [1.29, 1.82) is 0 Å². The number of hydrogen-bond donors (Lipinski definition) is 2. The Morgan fingerprint density at radius 1 is 0.588 bits per heavy atom. The Hall–Kier alpha value is -3.07. The summed E-state index contributed by atoms with van der Waals surface area (Å²) in [5, 5.41) is 0. The lowest BCUT2D eigenvalue weighted by Crippen LogP contribution is -2.29. The van der Waals surface area contributed by atoms with E-state index in [4.69, 9.17) is 24.3 Å². The van der Waals surface area contributed by atoms with Gasteiger partial charge in [0.2, 0.25) is 0 Å². The molecule has 0 radical (unpaired) electrons. The second-order valence-corrected chi connectivity index (χ2v) is 13.1. The zero-order valence-electron chi connectivity index (χ0n) is 31.3. The molecule has 0 rings (SSSR count). The minimum atomic E-state index is -4.40. The molecule has 51 heavy (non-hydrogen) atoms. The number of rotatable bonds is 33. The third-order valence-electron chi connectivity index (χ3n) is 6.97. The molecule has 0 bridgehead atoms. The van der Waals surface area contributed by atoms with Gasteiger partial charge in [-0.2, -0.15) is 0 Å². The maximum atomic E-state index is 12.5. The summed E-state index contributed by atoms with van der Waals surface area (Å²) in [6.45, 7) is 3.36. The van der Waals surface area contributed by atoms with Crippen LogP contribution in [-0.4, -0.2) is 49.3 Å². The summed E-state index contributed by atoms with van der Waals surface area (Å²) in [5.41, 5.74) is 5.32. The van der Waals surface area contributed by atoms with Crippen molar-refractivity contribution in [2.24, 2.45) is 5.73 Å². The second kappa shape index (κ2) is 36.7. The van der Waals surface area contributed by atoms with Crippen LogP contribution in [0.4, 0.5) is 0 Å². The molecule has 1 unspecified atom stereocenters. The van der Waals surface area contributed by atoms with Crippen molar-refractivity contribution in [3.8, 4) is 0 Å². The molecule has 0 saturated carbocycles. The van der Waals surface area contributed by atoms with Crippen molar-refractivity contribution in [1.82, 2.24) is 0 Å². The Morgan fingerprint density at radius 3 is 1.43 bits per heavy atom. The van der Waals surface area contributed by atoms with Crippen LogP contribution in [-0.2, 0) is 32.7 Å². The number of carbonyl (C=O) groups excluding carboxylic acids is 2. The molecular formula is C41H66NO8P. The molecule has 0 saturated heterocycles. The van der Waals surface area contributed by atoms with E-state index in [0.29, 0.717) is 12.8 Å². The third kappa shape index (κ3) is 36.5. The first-order chi connectivity index (χ1) is 24.8. The normalized spacial score (nSPS) is 14.5. The van der Waals surface area contributed by atoms with Gasteiger partial charge in [0.15, 0.2) is 6.10 Å². The lowest BCUT2D eigenvalue weighted by molar-refractivity contribution is -0.161. The van der Waals surface area contributed by atoms with E-state index in [0.717, 1.165) is 77.0 Å². The zero-order valence-corrected chi connectivity index (χ0v) is 32.2. The molecule has 3 N–H and O–H groups in total. The summed E-state index contributed by atoms with van der Waals surface area (Å²) in [6, 6.07) is 0. The molecule has 9 nitrogen and oxygen atoms in total. The first kappa shape index (κ1) is 47.9. The average molecular weight is 732 g/mol. The smallest absolute Gasteiger partial charge is 0.462 e. The van der Waals surface area contributed by atoms with Gasteiger partial charge < -0.3 is 20.1 Å². The van der Waals surface area contributed by atoms with Crippen LogP contribution in [0.15, 0.2) is 97.2 Å². The lowest BCUT2D eigenvalue weighted by atomic mass is 10.1. The first-order valence-electron chi connectivity index (χ1n) is 18.7. The molecule has 0 amide bonds. The van der Waals surface area contributed by atoms with Crippen molar-refractivity contribution in [2.75, 3.05) is 26.4 Å². The Bertz CT molecular complexity index is 1150. The predicted octanol–water partition coefficient (Wildman–Crippen LogP) is 10.3. The molecule has 0 aliphatic carbocycles. The van der Waals surface area contributed by atoms with Gasteiger partial charge in [0.1, 0.15) is 6.61 Å². The van der Waals surface area contributed by atoms with Crippen LogP contribution in [0.25, 0.3) is 0 Å². The van der Waals surface area contributed by atoms with Crippen LogP contribution in [0.1, 0.15) is 117 Å². The number of ether oxygens (including phenoxy) is 2. The Balaban J connectivity index is 4.41. The maximum absolute atomic E-state index is 12.5. The molecule has 0 spiro atoms. The van der Waals surface area contributed by atoms with Crippen molar-refractivity contribution < 1.29 is 37.6 Å². The van der Waals surface area contributed by atoms with E-state index in [2.05, 4.69) is 111 Å². The van der Waals surface area contributed by atoms with E-state index in [9.17, 15) is 19.0 Å². The highest BCUT2D eigenvalue weighted by atomic mass is 31.2. The molecule has 0 aromatic carbocycles. The van der Waals surface area contributed by atoms with E-state index in [1.54, 1.807) is 0 Å². The van der Waals surface area contributed by atoms with Gasteiger partial charge in [-0.25, -0.2) is 4.57 Å². The van der Waals surface area contributed by atoms with Gasteiger partial charge in [0, 0.05) is 19.4 Å². The topological polar surface area (TPSA) is 134 Å². The van der Waals surface area contributed by atoms with Crippen LogP contribution in [0.5, 0.6) is 0 Å². The molecule has 288 valence electrons. The summed E-state index contributed by atoms with van der Waals surface area (Å²) in [6.07, 6.45) is 45.9. The summed E-state index contributed by atoms with van der Waals surface area (Å²) in [4.78, 5) is 34.7. The maximum Gasteiger partial charge on any atom is 0.472 e. The molecule has 0 aliphatic heterocycles. The highest BCUT2D eigenvalue weighted by molar-refractivity contribution is 7.47. The molecule has 2 atom stereocenters. The van der Waals surface area contributed by atoms with Crippen molar-refractivity contribution in [3.05, 3.63) is 97.2 Å². The van der Waals surface area contributed by atoms with Crippen molar-refractivity contribution in [2.45, 2.75) is 123 Å². The number of carbonyl (C=O) groups is 2. The molecule has 0 heterocycles. The van der Waals surface area contributed by atoms with E-state index >= 15 is 0 Å². The Kier molecular flexibility index (Phi) is 34.5. The number of esters is 2.